The van der Waals surface area contributed by atoms with E-state index >= 15 is 0 Å². The van der Waals surface area contributed by atoms with Gasteiger partial charge in [0, 0.05) is 17.4 Å². The minimum absolute atomic E-state index is 0.292. The Bertz CT molecular complexity index is 899. The van der Waals surface area contributed by atoms with E-state index in [0.717, 1.165) is 46.2 Å². The molecule has 0 amide bonds. The molecule has 0 saturated carbocycles. The van der Waals surface area contributed by atoms with Gasteiger partial charge in [0.1, 0.15) is 0 Å². The maximum atomic E-state index is 11.4. The molecular formula is C21H22N2O2. The van der Waals surface area contributed by atoms with Gasteiger partial charge in [-0.1, -0.05) is 44.2 Å². The van der Waals surface area contributed by atoms with Crippen molar-refractivity contribution in [3.8, 4) is 0 Å². The largest absolute Gasteiger partial charge is 0.352 e. The minimum atomic E-state index is -0.292. The molecule has 0 unspecified atom stereocenters. The highest BCUT2D eigenvalue weighted by Crippen LogP contribution is 2.41. The average Bonchev–Trinajstić information content (AvgIpc) is 3.06. The Kier molecular flexibility index (Phi) is 4.29. The molecule has 0 saturated heterocycles. The number of carbonyl (C=O) groups is 2. The summed E-state index contributed by atoms with van der Waals surface area (Å²) in [6.07, 6.45) is 2.37. The van der Waals surface area contributed by atoms with Crippen LogP contribution in [0.1, 0.15) is 53.1 Å². The van der Waals surface area contributed by atoms with Crippen molar-refractivity contribution in [1.29, 1.82) is 0 Å². The summed E-state index contributed by atoms with van der Waals surface area (Å²) in [4.78, 5) is 30.7. The van der Waals surface area contributed by atoms with Crippen LogP contribution in [-0.4, -0.2) is 23.3 Å². The van der Waals surface area contributed by atoms with Gasteiger partial charge in [0.05, 0.1) is 22.8 Å². The van der Waals surface area contributed by atoms with Crippen molar-refractivity contribution >= 4 is 23.9 Å². The number of hydrogen-bond acceptors (Lipinski definition) is 3. The first-order valence-electron chi connectivity index (χ1n) is 8.36. The van der Waals surface area contributed by atoms with E-state index < -0.39 is 0 Å². The molecule has 0 fully saturated rings. The van der Waals surface area contributed by atoms with Crippen molar-refractivity contribution in [2.75, 3.05) is 0 Å². The Morgan fingerprint density at radius 1 is 1.08 bits per heavy atom. The molecular weight excluding hydrogens is 312 g/mol. The predicted molar refractivity (Wildman–Crippen MR) is 100 cm³/mol. The van der Waals surface area contributed by atoms with Gasteiger partial charge in [0.15, 0.2) is 12.6 Å². The second-order valence-electron chi connectivity index (χ2n) is 7.14. The van der Waals surface area contributed by atoms with Gasteiger partial charge >= 0.3 is 0 Å². The van der Waals surface area contributed by atoms with Crippen molar-refractivity contribution < 1.29 is 9.59 Å². The van der Waals surface area contributed by atoms with Gasteiger partial charge in [0.25, 0.3) is 0 Å². The van der Waals surface area contributed by atoms with E-state index in [1.165, 1.54) is 0 Å². The topological polar surface area (TPSA) is 62.3 Å². The number of allylic oxidation sites excluding steroid dienone is 1. The maximum Gasteiger partial charge on any atom is 0.166 e. The van der Waals surface area contributed by atoms with E-state index in [1.807, 2.05) is 58.0 Å². The number of hydrogen-bond donors (Lipinski definition) is 1. The number of rotatable bonds is 4. The van der Waals surface area contributed by atoms with Crippen LogP contribution in [0.3, 0.4) is 0 Å². The Labute approximate surface area is 147 Å². The van der Waals surface area contributed by atoms with Crippen LogP contribution in [0.2, 0.25) is 0 Å². The summed E-state index contributed by atoms with van der Waals surface area (Å²) >= 11 is 0. The van der Waals surface area contributed by atoms with Crippen molar-refractivity contribution in [2.45, 2.75) is 34.1 Å². The number of aldehydes is 2. The summed E-state index contributed by atoms with van der Waals surface area (Å²) in [5, 5.41) is 0. The molecule has 0 radical (unpaired) electrons. The highest BCUT2D eigenvalue weighted by molar-refractivity contribution is 6.32. The second kappa shape index (κ2) is 6.28. The molecule has 1 N–H and O–H groups in total. The molecule has 1 aliphatic heterocycles. The van der Waals surface area contributed by atoms with E-state index in [4.69, 9.17) is 0 Å². The fraction of sp³-hybridized carbons (Fsp3) is 0.286. The van der Waals surface area contributed by atoms with Crippen molar-refractivity contribution in [1.82, 2.24) is 4.98 Å². The number of benzene rings is 1. The third kappa shape index (κ3) is 2.88. The molecule has 1 aromatic carbocycles. The van der Waals surface area contributed by atoms with Gasteiger partial charge in [-0.25, -0.2) is 0 Å². The fourth-order valence-corrected chi connectivity index (χ4v) is 3.32. The van der Waals surface area contributed by atoms with E-state index in [1.54, 1.807) is 0 Å². The van der Waals surface area contributed by atoms with Crippen LogP contribution in [-0.2, 0) is 4.79 Å². The normalized spacial score (nSPS) is 18.0. The molecule has 0 spiro atoms. The summed E-state index contributed by atoms with van der Waals surface area (Å²) in [6.45, 7) is 7.99. The predicted octanol–water partition coefficient (Wildman–Crippen LogP) is 4.27. The molecule has 1 aromatic heterocycles. The standard InChI is InChI=1S/C21H22N2O2/c1-13-14(2)20(23-17(13)11-24)19(15-8-6-5-7-9-15)16-10-21(3,4)18(12-25)22-16/h5-9,11-12,23H,10H2,1-4H3/b19-16-. The summed E-state index contributed by atoms with van der Waals surface area (Å²) < 4.78 is 0. The highest BCUT2D eigenvalue weighted by atomic mass is 16.1. The summed E-state index contributed by atoms with van der Waals surface area (Å²) in [7, 11) is 0. The number of H-pyrrole nitrogens is 1. The van der Waals surface area contributed by atoms with E-state index in [0.29, 0.717) is 17.8 Å². The SMILES string of the molecule is Cc1c(C=O)[nH]c(/C(=C2/CC(C)(C)C(C=O)=N2)c2ccccc2)c1C. The molecule has 128 valence electrons. The lowest BCUT2D eigenvalue weighted by atomic mass is 9.84. The Morgan fingerprint density at radius 3 is 2.28 bits per heavy atom. The maximum absolute atomic E-state index is 11.4. The number of aromatic amines is 1. The van der Waals surface area contributed by atoms with Crippen LogP contribution in [0, 0.1) is 19.3 Å². The fourth-order valence-electron chi connectivity index (χ4n) is 3.32. The van der Waals surface area contributed by atoms with Crippen molar-refractivity contribution in [3.63, 3.8) is 0 Å². The zero-order valence-electron chi connectivity index (χ0n) is 15.0. The van der Waals surface area contributed by atoms with Crippen LogP contribution in [0.25, 0.3) is 5.57 Å². The van der Waals surface area contributed by atoms with Crippen molar-refractivity contribution in [3.05, 3.63) is 64.1 Å². The molecule has 0 aliphatic carbocycles. The highest BCUT2D eigenvalue weighted by Gasteiger charge is 2.34. The monoisotopic (exact) mass is 334 g/mol. The zero-order chi connectivity index (χ0) is 18.2. The summed E-state index contributed by atoms with van der Waals surface area (Å²) in [6, 6.07) is 9.98. The average molecular weight is 334 g/mol. The molecule has 0 bridgehead atoms. The molecule has 2 heterocycles. The first kappa shape index (κ1) is 17.1. The van der Waals surface area contributed by atoms with Gasteiger partial charge < -0.3 is 4.98 Å². The Morgan fingerprint density at radius 2 is 1.76 bits per heavy atom. The molecule has 0 atom stereocenters. The van der Waals surface area contributed by atoms with E-state index in [2.05, 4.69) is 9.98 Å². The molecule has 3 rings (SSSR count). The third-order valence-electron chi connectivity index (χ3n) is 4.99. The summed E-state index contributed by atoms with van der Waals surface area (Å²) in [5.41, 5.74) is 6.57. The first-order valence-corrected chi connectivity index (χ1v) is 8.36. The quantitative estimate of drug-likeness (QED) is 0.849. The number of nitrogens with zero attached hydrogens (tertiary/aromatic N) is 1. The lowest BCUT2D eigenvalue weighted by molar-refractivity contribution is -0.103. The molecule has 25 heavy (non-hydrogen) atoms. The first-order chi connectivity index (χ1) is 11.9. The van der Waals surface area contributed by atoms with Crippen LogP contribution >= 0.6 is 0 Å². The number of nitrogens with one attached hydrogen (secondary N) is 1. The molecule has 1 aliphatic rings. The van der Waals surface area contributed by atoms with Gasteiger partial charge in [0.2, 0.25) is 0 Å². The van der Waals surface area contributed by atoms with Crippen LogP contribution in [0.4, 0.5) is 0 Å². The summed E-state index contributed by atoms with van der Waals surface area (Å²) in [5.74, 6) is 0. The molecule has 4 heteroatoms. The zero-order valence-corrected chi connectivity index (χ0v) is 15.0. The Hall–Kier alpha value is -2.75. The van der Waals surface area contributed by atoms with Gasteiger partial charge in [-0.2, -0.15) is 0 Å². The van der Waals surface area contributed by atoms with Crippen LogP contribution in [0.5, 0.6) is 0 Å². The van der Waals surface area contributed by atoms with Crippen LogP contribution in [0.15, 0.2) is 41.0 Å². The van der Waals surface area contributed by atoms with Crippen LogP contribution < -0.4 is 0 Å². The van der Waals surface area contributed by atoms with E-state index in [9.17, 15) is 9.59 Å². The third-order valence-corrected chi connectivity index (χ3v) is 4.99. The minimum Gasteiger partial charge on any atom is -0.352 e. The van der Waals surface area contributed by atoms with E-state index in [-0.39, 0.29) is 5.41 Å². The lowest BCUT2D eigenvalue weighted by Gasteiger charge is -2.17. The van der Waals surface area contributed by atoms with Gasteiger partial charge in [-0.05, 0) is 30.5 Å². The molecule has 2 aromatic rings. The van der Waals surface area contributed by atoms with Gasteiger partial charge in [-0.15, -0.1) is 0 Å². The second-order valence-corrected chi connectivity index (χ2v) is 7.14. The Balaban J connectivity index is 2.31. The smallest absolute Gasteiger partial charge is 0.166 e. The van der Waals surface area contributed by atoms with Crippen molar-refractivity contribution in [2.24, 2.45) is 10.4 Å². The number of aliphatic imine (C=N–C) groups is 1. The number of carbonyl (C=O) groups excluding carboxylic acids is 2. The number of aromatic nitrogens is 1. The lowest BCUT2D eigenvalue weighted by Crippen LogP contribution is -2.20. The molecule has 4 nitrogen and oxygen atoms in total. The van der Waals surface area contributed by atoms with Gasteiger partial charge in [-0.3, -0.25) is 14.6 Å².